The Morgan fingerprint density at radius 3 is 2.42 bits per heavy atom. The van der Waals surface area contributed by atoms with Crippen molar-refractivity contribution >= 4 is 11.4 Å². The highest BCUT2D eigenvalue weighted by Gasteiger charge is 2.48. The van der Waals surface area contributed by atoms with E-state index in [-0.39, 0.29) is 11.0 Å². The van der Waals surface area contributed by atoms with Crippen LogP contribution in [0.5, 0.6) is 0 Å². The Labute approximate surface area is 160 Å². The van der Waals surface area contributed by atoms with Crippen LogP contribution in [0.15, 0.2) is 23.2 Å². The number of rotatable bonds is 1. The smallest absolute Gasteiger partial charge is 0.0668 e. The van der Waals surface area contributed by atoms with E-state index in [1.54, 1.807) is 0 Å². The van der Waals surface area contributed by atoms with Crippen molar-refractivity contribution < 1.29 is 0 Å². The Kier molecular flexibility index (Phi) is 4.34. The van der Waals surface area contributed by atoms with Crippen LogP contribution in [0.4, 0.5) is 5.69 Å². The quantitative estimate of drug-likeness (QED) is 0.601. The van der Waals surface area contributed by atoms with Crippen molar-refractivity contribution in [3.8, 4) is 0 Å². The highest BCUT2D eigenvalue weighted by Crippen LogP contribution is 2.45. The summed E-state index contributed by atoms with van der Waals surface area (Å²) in [6, 6.07) is 8.29. The van der Waals surface area contributed by atoms with Crippen molar-refractivity contribution in [3.05, 3.63) is 29.3 Å². The summed E-state index contributed by atoms with van der Waals surface area (Å²) in [7, 11) is 0. The van der Waals surface area contributed by atoms with Gasteiger partial charge in [0, 0.05) is 29.8 Å². The number of fused-ring (bicyclic) bond motifs is 2. The standard InChI is InChI=1S/C24H36N2/c1-23(2,3)18-12-11-16-13-20(25-19(16)15-18)22-14-17-9-7-8-10-21(17)26(22)24(4,5)6/h11-12,15,17,21-22H,7-10,13-14H2,1-6H3. The molecule has 0 aromatic heterocycles. The van der Waals surface area contributed by atoms with Crippen LogP contribution in [0.2, 0.25) is 0 Å². The van der Waals surface area contributed by atoms with Gasteiger partial charge in [-0.05, 0) is 68.6 Å². The molecule has 1 saturated carbocycles. The van der Waals surface area contributed by atoms with Crippen molar-refractivity contribution in [2.75, 3.05) is 0 Å². The van der Waals surface area contributed by atoms with E-state index in [2.05, 4.69) is 64.6 Å². The lowest BCUT2D eigenvalue weighted by molar-refractivity contribution is 0.0728. The van der Waals surface area contributed by atoms with Crippen molar-refractivity contribution in [3.63, 3.8) is 0 Å². The number of benzene rings is 1. The molecule has 1 aromatic rings. The lowest BCUT2D eigenvalue weighted by atomic mass is 9.84. The van der Waals surface area contributed by atoms with Crippen LogP contribution in [-0.4, -0.2) is 28.2 Å². The van der Waals surface area contributed by atoms with Crippen molar-refractivity contribution in [1.29, 1.82) is 0 Å². The van der Waals surface area contributed by atoms with E-state index in [4.69, 9.17) is 4.99 Å². The monoisotopic (exact) mass is 352 g/mol. The van der Waals surface area contributed by atoms with Gasteiger partial charge in [0.25, 0.3) is 0 Å². The first-order chi connectivity index (χ1) is 12.1. The minimum absolute atomic E-state index is 0.188. The van der Waals surface area contributed by atoms with Gasteiger partial charge in [0.05, 0.1) is 5.69 Å². The molecule has 0 spiro atoms. The van der Waals surface area contributed by atoms with Gasteiger partial charge in [0.15, 0.2) is 0 Å². The zero-order chi connectivity index (χ0) is 18.7. The minimum atomic E-state index is 0.188. The summed E-state index contributed by atoms with van der Waals surface area (Å²) >= 11 is 0. The van der Waals surface area contributed by atoms with Gasteiger partial charge in [0.2, 0.25) is 0 Å². The van der Waals surface area contributed by atoms with Crippen LogP contribution in [0.25, 0.3) is 0 Å². The van der Waals surface area contributed by atoms with Crippen LogP contribution in [0.1, 0.15) is 84.8 Å². The summed E-state index contributed by atoms with van der Waals surface area (Å²) < 4.78 is 0. The van der Waals surface area contributed by atoms with Gasteiger partial charge in [-0.1, -0.05) is 45.7 Å². The minimum Gasteiger partial charge on any atom is -0.287 e. The van der Waals surface area contributed by atoms with Gasteiger partial charge in [-0.2, -0.15) is 0 Å². The molecule has 2 heteroatoms. The van der Waals surface area contributed by atoms with E-state index in [1.807, 2.05) is 0 Å². The maximum Gasteiger partial charge on any atom is 0.0668 e. The van der Waals surface area contributed by atoms with Gasteiger partial charge in [-0.3, -0.25) is 9.89 Å². The first kappa shape index (κ1) is 18.2. The van der Waals surface area contributed by atoms with Crippen molar-refractivity contribution in [1.82, 2.24) is 4.90 Å². The summed E-state index contributed by atoms with van der Waals surface area (Å²) in [4.78, 5) is 8.04. The summed E-state index contributed by atoms with van der Waals surface area (Å²) in [5.74, 6) is 0.879. The van der Waals surface area contributed by atoms with E-state index in [1.165, 1.54) is 54.6 Å². The lowest BCUT2D eigenvalue weighted by Crippen LogP contribution is -2.52. The second kappa shape index (κ2) is 6.19. The SMILES string of the molecule is CC(C)(C)c1ccc2c(c1)N=C(C1CC3CCCCC3N1C(C)(C)C)C2. The van der Waals surface area contributed by atoms with Gasteiger partial charge in [-0.25, -0.2) is 0 Å². The average molecular weight is 353 g/mol. The molecule has 2 aliphatic heterocycles. The molecule has 1 saturated heterocycles. The third kappa shape index (κ3) is 3.15. The molecule has 2 fully saturated rings. The summed E-state index contributed by atoms with van der Waals surface area (Å²) in [6.07, 6.45) is 8.00. The van der Waals surface area contributed by atoms with Gasteiger partial charge >= 0.3 is 0 Å². The van der Waals surface area contributed by atoms with Crippen LogP contribution < -0.4 is 0 Å². The molecule has 0 N–H and O–H groups in total. The number of hydrogen-bond donors (Lipinski definition) is 0. The van der Waals surface area contributed by atoms with E-state index >= 15 is 0 Å². The first-order valence-corrected chi connectivity index (χ1v) is 10.6. The molecule has 2 nitrogen and oxygen atoms in total. The molecule has 142 valence electrons. The largest absolute Gasteiger partial charge is 0.287 e. The molecule has 3 atom stereocenters. The molecular weight excluding hydrogens is 316 g/mol. The fourth-order valence-corrected chi connectivity index (χ4v) is 5.59. The summed E-state index contributed by atoms with van der Waals surface area (Å²) in [6.45, 7) is 14.1. The molecular formula is C24H36N2. The topological polar surface area (TPSA) is 15.6 Å². The summed E-state index contributed by atoms with van der Waals surface area (Å²) in [5.41, 5.74) is 5.89. The Balaban J connectivity index is 1.66. The molecule has 0 radical (unpaired) electrons. The zero-order valence-corrected chi connectivity index (χ0v) is 17.6. The van der Waals surface area contributed by atoms with E-state index in [9.17, 15) is 0 Å². The van der Waals surface area contributed by atoms with Gasteiger partial charge in [-0.15, -0.1) is 0 Å². The predicted molar refractivity (Wildman–Crippen MR) is 112 cm³/mol. The second-order valence-corrected chi connectivity index (χ2v) is 10.8. The third-order valence-corrected chi connectivity index (χ3v) is 6.83. The third-order valence-electron chi connectivity index (χ3n) is 6.83. The molecule has 1 aliphatic carbocycles. The molecule has 26 heavy (non-hydrogen) atoms. The van der Waals surface area contributed by atoms with Gasteiger partial charge in [0.1, 0.15) is 0 Å². The first-order valence-electron chi connectivity index (χ1n) is 10.6. The number of aliphatic imine (C=N–C) groups is 1. The lowest BCUT2D eigenvalue weighted by Gasteiger charge is -2.43. The molecule has 4 rings (SSSR count). The zero-order valence-electron chi connectivity index (χ0n) is 17.6. The molecule has 2 heterocycles. The van der Waals surface area contributed by atoms with Crippen molar-refractivity contribution in [2.24, 2.45) is 10.9 Å². The van der Waals surface area contributed by atoms with Crippen molar-refractivity contribution in [2.45, 2.75) is 103 Å². The Hall–Kier alpha value is -1.15. The molecule has 0 amide bonds. The Bertz CT molecular complexity index is 717. The van der Waals surface area contributed by atoms with Crippen LogP contribution in [0.3, 0.4) is 0 Å². The maximum absolute atomic E-state index is 5.20. The fourth-order valence-electron chi connectivity index (χ4n) is 5.59. The molecule has 1 aromatic carbocycles. The van der Waals surface area contributed by atoms with E-state index < -0.39 is 0 Å². The molecule has 0 bridgehead atoms. The highest BCUT2D eigenvalue weighted by molar-refractivity contribution is 5.98. The fraction of sp³-hybridized carbons (Fsp3) is 0.708. The number of hydrogen-bond acceptors (Lipinski definition) is 2. The van der Waals surface area contributed by atoms with Crippen LogP contribution in [0, 0.1) is 5.92 Å². The van der Waals surface area contributed by atoms with Crippen LogP contribution in [-0.2, 0) is 11.8 Å². The highest BCUT2D eigenvalue weighted by atomic mass is 15.3. The average Bonchev–Trinajstić information content (AvgIpc) is 3.13. The van der Waals surface area contributed by atoms with E-state index in [0.717, 1.165) is 18.4 Å². The summed E-state index contributed by atoms with van der Waals surface area (Å²) in [5, 5.41) is 0. The number of nitrogens with zero attached hydrogens (tertiary/aromatic N) is 2. The predicted octanol–water partition coefficient (Wildman–Crippen LogP) is 6.04. The van der Waals surface area contributed by atoms with Crippen LogP contribution >= 0.6 is 0 Å². The Morgan fingerprint density at radius 1 is 1.00 bits per heavy atom. The number of likely N-dealkylation sites (tertiary alicyclic amines) is 1. The second-order valence-electron chi connectivity index (χ2n) is 10.8. The van der Waals surface area contributed by atoms with Gasteiger partial charge < -0.3 is 0 Å². The Morgan fingerprint density at radius 2 is 1.73 bits per heavy atom. The molecule has 3 unspecified atom stereocenters. The normalized spacial score (nSPS) is 29.5. The van der Waals surface area contributed by atoms with E-state index in [0.29, 0.717) is 6.04 Å². The maximum atomic E-state index is 5.20. The molecule has 3 aliphatic rings.